The van der Waals surface area contributed by atoms with E-state index in [0.29, 0.717) is 36.1 Å². The fourth-order valence-corrected chi connectivity index (χ4v) is 3.43. The molecule has 1 aromatic heterocycles. The van der Waals surface area contributed by atoms with Gasteiger partial charge in [0.2, 0.25) is 0 Å². The van der Waals surface area contributed by atoms with E-state index in [0.717, 1.165) is 5.56 Å². The Bertz CT molecular complexity index is 442. The zero-order valence-electron chi connectivity index (χ0n) is 8.39. The number of pyridine rings is 1. The van der Waals surface area contributed by atoms with Crippen molar-refractivity contribution in [3.8, 4) is 0 Å². The number of hydrogen-bond donors (Lipinski definition) is 1. The molecule has 2 heterocycles. The van der Waals surface area contributed by atoms with Crippen LogP contribution in [-0.2, 0) is 9.84 Å². The van der Waals surface area contributed by atoms with Crippen molar-refractivity contribution in [1.82, 2.24) is 4.98 Å². The second-order valence-electron chi connectivity index (χ2n) is 3.94. The van der Waals surface area contributed by atoms with Crippen molar-refractivity contribution >= 4 is 15.7 Å². The Morgan fingerprint density at radius 1 is 1.33 bits per heavy atom. The smallest absolute Gasteiger partial charge is 0.150 e. The molecule has 2 N–H and O–H groups in total. The van der Waals surface area contributed by atoms with Crippen LogP contribution in [0.25, 0.3) is 0 Å². The van der Waals surface area contributed by atoms with Gasteiger partial charge >= 0.3 is 0 Å². The number of rotatable bonds is 1. The van der Waals surface area contributed by atoms with Gasteiger partial charge in [-0.3, -0.25) is 0 Å². The second-order valence-corrected chi connectivity index (χ2v) is 6.24. The molecule has 0 atom stereocenters. The van der Waals surface area contributed by atoms with Gasteiger partial charge in [0.05, 0.1) is 11.5 Å². The Morgan fingerprint density at radius 2 is 2.00 bits per heavy atom. The lowest BCUT2D eigenvalue weighted by atomic mass is 9.94. The minimum absolute atomic E-state index is 0.292. The van der Waals surface area contributed by atoms with Crippen molar-refractivity contribution in [3.63, 3.8) is 0 Å². The Hall–Kier alpha value is -1.10. The largest absolute Gasteiger partial charge is 0.384 e. The van der Waals surface area contributed by atoms with Crippen molar-refractivity contribution in [2.24, 2.45) is 0 Å². The molecule has 0 aliphatic carbocycles. The van der Waals surface area contributed by atoms with Crippen molar-refractivity contribution < 1.29 is 8.42 Å². The standard InChI is InChI=1S/C10H14N2O2S/c11-10-7-9(1-4-12-10)8-2-5-15(13,14)6-3-8/h1,4,7-8H,2-3,5-6H2,(H2,11,12). The first-order valence-corrected chi connectivity index (χ1v) is 6.81. The second kappa shape index (κ2) is 3.81. The van der Waals surface area contributed by atoms with E-state index < -0.39 is 9.84 Å². The molecule has 0 spiro atoms. The quantitative estimate of drug-likeness (QED) is 0.774. The number of hydrogen-bond acceptors (Lipinski definition) is 4. The zero-order chi connectivity index (χ0) is 10.9. The molecule has 0 bridgehead atoms. The van der Waals surface area contributed by atoms with Crippen LogP contribution in [0.4, 0.5) is 5.82 Å². The van der Waals surface area contributed by atoms with Crippen LogP contribution in [0.5, 0.6) is 0 Å². The third-order valence-electron chi connectivity index (χ3n) is 2.83. The van der Waals surface area contributed by atoms with Gasteiger partial charge in [-0.15, -0.1) is 0 Å². The molecule has 1 aliphatic rings. The maximum atomic E-state index is 11.3. The summed E-state index contributed by atoms with van der Waals surface area (Å²) in [4.78, 5) is 3.92. The number of sulfone groups is 1. The van der Waals surface area contributed by atoms with Crippen molar-refractivity contribution in [3.05, 3.63) is 23.9 Å². The van der Waals surface area contributed by atoms with E-state index in [4.69, 9.17) is 5.73 Å². The Kier molecular flexibility index (Phi) is 2.65. The number of aromatic nitrogens is 1. The van der Waals surface area contributed by atoms with Crippen LogP contribution in [0.15, 0.2) is 18.3 Å². The van der Waals surface area contributed by atoms with E-state index in [1.807, 2.05) is 12.1 Å². The topological polar surface area (TPSA) is 73.1 Å². The van der Waals surface area contributed by atoms with Gasteiger partial charge in [-0.1, -0.05) is 0 Å². The molecule has 4 nitrogen and oxygen atoms in total. The molecular weight excluding hydrogens is 212 g/mol. The Morgan fingerprint density at radius 3 is 2.60 bits per heavy atom. The third kappa shape index (κ3) is 2.47. The molecule has 15 heavy (non-hydrogen) atoms. The first-order valence-electron chi connectivity index (χ1n) is 4.99. The van der Waals surface area contributed by atoms with Gasteiger partial charge < -0.3 is 5.73 Å². The van der Waals surface area contributed by atoms with Crippen LogP contribution in [0.1, 0.15) is 24.3 Å². The van der Waals surface area contributed by atoms with Crippen molar-refractivity contribution in [2.45, 2.75) is 18.8 Å². The highest BCUT2D eigenvalue weighted by molar-refractivity contribution is 7.91. The highest BCUT2D eigenvalue weighted by Gasteiger charge is 2.24. The third-order valence-corrected chi connectivity index (χ3v) is 4.55. The Labute approximate surface area is 89.4 Å². The lowest BCUT2D eigenvalue weighted by Gasteiger charge is -2.22. The Balaban J connectivity index is 2.14. The molecule has 0 aromatic carbocycles. The van der Waals surface area contributed by atoms with Crippen molar-refractivity contribution in [1.29, 1.82) is 0 Å². The van der Waals surface area contributed by atoms with Gasteiger partial charge in [0, 0.05) is 6.20 Å². The summed E-state index contributed by atoms with van der Waals surface area (Å²) in [6.07, 6.45) is 3.07. The number of anilines is 1. The van der Waals surface area contributed by atoms with E-state index in [-0.39, 0.29) is 0 Å². The highest BCUT2D eigenvalue weighted by Crippen LogP contribution is 2.29. The SMILES string of the molecule is Nc1cc(C2CCS(=O)(=O)CC2)ccn1. The molecule has 5 heteroatoms. The average molecular weight is 226 g/mol. The normalized spacial score (nSPS) is 21.3. The minimum Gasteiger partial charge on any atom is -0.384 e. The molecule has 82 valence electrons. The van der Waals surface area contributed by atoms with Crippen LogP contribution in [0.2, 0.25) is 0 Å². The summed E-state index contributed by atoms with van der Waals surface area (Å²) in [5.74, 6) is 1.40. The monoisotopic (exact) mass is 226 g/mol. The summed E-state index contributed by atoms with van der Waals surface area (Å²) < 4.78 is 22.5. The fraction of sp³-hybridized carbons (Fsp3) is 0.500. The van der Waals surface area contributed by atoms with E-state index in [9.17, 15) is 8.42 Å². The summed E-state index contributed by atoms with van der Waals surface area (Å²) in [5, 5.41) is 0. The van der Waals surface area contributed by atoms with Crippen LogP contribution in [-0.4, -0.2) is 24.9 Å². The maximum absolute atomic E-state index is 11.3. The predicted octanol–water partition coefficient (Wildman–Crippen LogP) is 0.956. The molecule has 1 saturated heterocycles. The molecule has 1 aromatic rings. The van der Waals surface area contributed by atoms with Crippen molar-refractivity contribution in [2.75, 3.05) is 17.2 Å². The lowest BCUT2D eigenvalue weighted by Crippen LogP contribution is -2.22. The molecule has 1 aliphatic heterocycles. The fourth-order valence-electron chi connectivity index (χ4n) is 1.94. The van der Waals surface area contributed by atoms with Gasteiger partial charge in [-0.05, 0) is 36.5 Å². The zero-order valence-corrected chi connectivity index (χ0v) is 9.20. The predicted molar refractivity (Wildman–Crippen MR) is 59.3 cm³/mol. The highest BCUT2D eigenvalue weighted by atomic mass is 32.2. The molecule has 0 amide bonds. The minimum atomic E-state index is -2.78. The van der Waals surface area contributed by atoms with Gasteiger partial charge in [0.25, 0.3) is 0 Å². The molecular formula is C10H14N2O2S. The van der Waals surface area contributed by atoms with E-state index in [2.05, 4.69) is 4.98 Å². The van der Waals surface area contributed by atoms with E-state index >= 15 is 0 Å². The number of nitrogens with two attached hydrogens (primary N) is 1. The van der Waals surface area contributed by atoms with Gasteiger partial charge in [-0.25, -0.2) is 13.4 Å². The summed E-state index contributed by atoms with van der Waals surface area (Å²) in [6, 6.07) is 3.75. The number of nitrogen functional groups attached to an aromatic ring is 1. The van der Waals surface area contributed by atoms with Crippen LogP contribution in [0, 0.1) is 0 Å². The van der Waals surface area contributed by atoms with Crippen LogP contribution < -0.4 is 5.73 Å². The molecule has 0 unspecified atom stereocenters. The van der Waals surface area contributed by atoms with Gasteiger partial charge in [-0.2, -0.15) is 0 Å². The summed E-state index contributed by atoms with van der Waals surface area (Å²) >= 11 is 0. The average Bonchev–Trinajstić information content (AvgIpc) is 2.17. The van der Waals surface area contributed by atoms with E-state index in [1.54, 1.807) is 6.20 Å². The van der Waals surface area contributed by atoms with Crippen LogP contribution in [0.3, 0.4) is 0 Å². The first-order chi connectivity index (χ1) is 7.07. The molecule has 1 fully saturated rings. The summed E-state index contributed by atoms with van der Waals surface area (Å²) in [6.45, 7) is 0. The number of nitrogens with zero attached hydrogens (tertiary/aromatic N) is 1. The summed E-state index contributed by atoms with van der Waals surface area (Å²) in [7, 11) is -2.78. The molecule has 0 radical (unpaired) electrons. The summed E-state index contributed by atoms with van der Waals surface area (Å²) in [5.41, 5.74) is 6.70. The van der Waals surface area contributed by atoms with E-state index in [1.165, 1.54) is 0 Å². The lowest BCUT2D eigenvalue weighted by molar-refractivity contribution is 0.550. The maximum Gasteiger partial charge on any atom is 0.150 e. The van der Waals surface area contributed by atoms with Gasteiger partial charge in [0.1, 0.15) is 15.7 Å². The first kappa shape index (κ1) is 10.4. The van der Waals surface area contributed by atoms with Gasteiger partial charge in [0.15, 0.2) is 0 Å². The molecule has 2 rings (SSSR count). The van der Waals surface area contributed by atoms with Crippen LogP contribution >= 0.6 is 0 Å². The molecule has 0 saturated carbocycles.